The molecule has 0 unspecified atom stereocenters. The first-order valence-corrected chi connectivity index (χ1v) is 11.6. The minimum Gasteiger partial charge on any atom is -0.487 e. The molecule has 0 fully saturated rings. The summed E-state index contributed by atoms with van der Waals surface area (Å²) in [6.45, 7) is 1.72. The van der Waals surface area contributed by atoms with Gasteiger partial charge in [-0.25, -0.2) is 4.39 Å². The van der Waals surface area contributed by atoms with Crippen molar-refractivity contribution in [2.75, 3.05) is 6.54 Å². The van der Waals surface area contributed by atoms with Gasteiger partial charge in [-0.2, -0.15) is 0 Å². The van der Waals surface area contributed by atoms with Crippen LogP contribution in [0, 0.1) is 22.9 Å². The highest BCUT2D eigenvalue weighted by molar-refractivity contribution is 7.99. The molecule has 7 nitrogen and oxygen atoms in total. The molecular formula is C24H20ClFN4O3S. The van der Waals surface area contributed by atoms with E-state index in [1.807, 2.05) is 41.8 Å². The van der Waals surface area contributed by atoms with Crippen LogP contribution in [0.3, 0.4) is 0 Å². The Hall–Kier alpha value is -3.43. The molecule has 0 aliphatic rings. The molecule has 3 aromatic carbocycles. The number of hydrogen-bond acceptors (Lipinski definition) is 6. The van der Waals surface area contributed by atoms with E-state index in [4.69, 9.17) is 16.3 Å². The molecule has 0 spiro atoms. The van der Waals surface area contributed by atoms with Crippen LogP contribution in [-0.4, -0.2) is 26.2 Å². The molecule has 0 aliphatic heterocycles. The van der Waals surface area contributed by atoms with E-state index in [0.717, 1.165) is 11.3 Å². The summed E-state index contributed by atoms with van der Waals surface area (Å²) in [5.41, 5.74) is 2.33. The second kappa shape index (κ2) is 10.7. The highest BCUT2D eigenvalue weighted by Gasteiger charge is 2.24. The fourth-order valence-corrected chi connectivity index (χ4v) is 4.75. The first kappa shape index (κ1) is 23.7. The van der Waals surface area contributed by atoms with Gasteiger partial charge in [-0.05, 0) is 54.4 Å². The van der Waals surface area contributed by atoms with Gasteiger partial charge in [0.05, 0.1) is 5.02 Å². The summed E-state index contributed by atoms with van der Waals surface area (Å²) in [4.78, 5) is 11.1. The number of ether oxygens (including phenoxy) is 1. The van der Waals surface area contributed by atoms with E-state index in [2.05, 4.69) is 10.2 Å². The standard InChI is InChI=1S/C24H20ClFN4O3S/c1-16-27-28-24(30(16)20-5-3-2-4-6-20)34-23(14-29(31)32)18-9-12-22(21(25)13-18)33-15-17-7-10-19(26)11-8-17/h2-13,23H,14-15H2,1H3/t23-/m0/s1. The van der Waals surface area contributed by atoms with Crippen molar-refractivity contribution in [3.05, 3.63) is 111 Å². The van der Waals surface area contributed by atoms with Crippen LogP contribution in [0.2, 0.25) is 5.02 Å². The number of rotatable bonds is 9. The first-order chi connectivity index (χ1) is 16.4. The molecule has 4 rings (SSSR count). The number of halogens is 2. The van der Waals surface area contributed by atoms with Gasteiger partial charge in [-0.15, -0.1) is 10.2 Å². The predicted molar refractivity (Wildman–Crippen MR) is 129 cm³/mol. The molecule has 1 heterocycles. The lowest BCUT2D eigenvalue weighted by Crippen LogP contribution is -2.11. The van der Waals surface area contributed by atoms with Crippen molar-refractivity contribution < 1.29 is 14.1 Å². The largest absolute Gasteiger partial charge is 0.487 e. The highest BCUT2D eigenvalue weighted by atomic mass is 35.5. The number of thioether (sulfide) groups is 1. The Balaban J connectivity index is 1.56. The van der Waals surface area contributed by atoms with Crippen LogP contribution < -0.4 is 4.74 Å². The Bertz CT molecular complexity index is 1290. The van der Waals surface area contributed by atoms with E-state index in [1.54, 1.807) is 30.3 Å². The lowest BCUT2D eigenvalue weighted by Gasteiger charge is -2.16. The fourth-order valence-electron chi connectivity index (χ4n) is 3.34. The maximum atomic E-state index is 13.1. The fraction of sp³-hybridized carbons (Fsp3) is 0.167. The second-order valence-corrected chi connectivity index (χ2v) is 9.00. The molecule has 1 atom stereocenters. The van der Waals surface area contributed by atoms with Crippen molar-refractivity contribution in [1.29, 1.82) is 0 Å². The number of aromatic nitrogens is 3. The van der Waals surface area contributed by atoms with Gasteiger partial charge in [-0.1, -0.05) is 59.8 Å². The quantitative estimate of drug-likeness (QED) is 0.158. The summed E-state index contributed by atoms with van der Waals surface area (Å²) >= 11 is 7.69. The van der Waals surface area contributed by atoms with Crippen molar-refractivity contribution in [3.63, 3.8) is 0 Å². The first-order valence-electron chi connectivity index (χ1n) is 10.3. The predicted octanol–water partition coefficient (Wildman–Crippen LogP) is 6.06. The number of aryl methyl sites for hydroxylation is 1. The molecule has 174 valence electrons. The second-order valence-electron chi connectivity index (χ2n) is 7.43. The van der Waals surface area contributed by atoms with Gasteiger partial charge in [0.2, 0.25) is 6.54 Å². The molecule has 1 aromatic heterocycles. The van der Waals surface area contributed by atoms with Gasteiger partial charge in [0.25, 0.3) is 0 Å². The average Bonchev–Trinajstić information content (AvgIpc) is 3.19. The molecule has 10 heteroatoms. The third-order valence-electron chi connectivity index (χ3n) is 5.01. The minimum absolute atomic E-state index is 0.214. The molecule has 0 saturated carbocycles. The minimum atomic E-state index is -0.551. The monoisotopic (exact) mass is 498 g/mol. The number of para-hydroxylation sites is 1. The lowest BCUT2D eigenvalue weighted by atomic mass is 10.1. The van der Waals surface area contributed by atoms with Crippen LogP contribution in [-0.2, 0) is 6.61 Å². The van der Waals surface area contributed by atoms with Gasteiger partial charge in [0, 0.05) is 10.6 Å². The Morgan fingerprint density at radius 1 is 1.12 bits per heavy atom. The summed E-state index contributed by atoms with van der Waals surface area (Å²) in [5, 5.41) is 20.2. The Labute approximate surface area is 204 Å². The normalized spacial score (nSPS) is 11.9. The molecule has 34 heavy (non-hydrogen) atoms. The molecule has 0 radical (unpaired) electrons. The average molecular weight is 499 g/mol. The van der Waals surface area contributed by atoms with Crippen LogP contribution in [0.25, 0.3) is 5.69 Å². The van der Waals surface area contributed by atoms with Crippen molar-refractivity contribution in [2.24, 2.45) is 0 Å². The molecular weight excluding hydrogens is 479 g/mol. The zero-order valence-corrected chi connectivity index (χ0v) is 19.7. The zero-order valence-electron chi connectivity index (χ0n) is 18.1. The molecule has 0 saturated heterocycles. The van der Waals surface area contributed by atoms with E-state index in [9.17, 15) is 14.5 Å². The Kier molecular flexibility index (Phi) is 7.44. The smallest absolute Gasteiger partial charge is 0.220 e. The maximum Gasteiger partial charge on any atom is 0.220 e. The molecule has 0 amide bonds. The van der Waals surface area contributed by atoms with Gasteiger partial charge >= 0.3 is 0 Å². The topological polar surface area (TPSA) is 83.1 Å². The molecule has 0 N–H and O–H groups in total. The maximum absolute atomic E-state index is 13.1. The summed E-state index contributed by atoms with van der Waals surface area (Å²) in [6, 6.07) is 20.7. The molecule has 4 aromatic rings. The summed E-state index contributed by atoms with van der Waals surface area (Å²) in [5.74, 6) is 0.790. The van der Waals surface area contributed by atoms with Gasteiger partial charge in [-0.3, -0.25) is 14.7 Å². The van der Waals surface area contributed by atoms with Crippen LogP contribution in [0.1, 0.15) is 22.2 Å². The summed E-state index contributed by atoms with van der Waals surface area (Å²) < 4.78 is 20.7. The third-order valence-corrected chi connectivity index (χ3v) is 6.48. The van der Waals surface area contributed by atoms with Gasteiger partial charge in [0.15, 0.2) is 5.16 Å². The Morgan fingerprint density at radius 3 is 2.53 bits per heavy atom. The number of nitro groups is 1. The van der Waals surface area contributed by atoms with Gasteiger partial charge in [0.1, 0.15) is 29.2 Å². The number of hydrogen-bond donors (Lipinski definition) is 0. The van der Waals surface area contributed by atoms with E-state index in [-0.39, 0.29) is 23.9 Å². The molecule has 0 aliphatic carbocycles. The highest BCUT2D eigenvalue weighted by Crippen LogP contribution is 2.38. The van der Waals surface area contributed by atoms with Crippen LogP contribution >= 0.6 is 23.4 Å². The van der Waals surface area contributed by atoms with E-state index in [0.29, 0.717) is 27.3 Å². The van der Waals surface area contributed by atoms with E-state index in [1.165, 1.54) is 23.9 Å². The van der Waals surface area contributed by atoms with Crippen LogP contribution in [0.4, 0.5) is 4.39 Å². The third kappa shape index (κ3) is 5.73. The number of benzene rings is 3. The van der Waals surface area contributed by atoms with Crippen LogP contribution in [0.15, 0.2) is 78.0 Å². The van der Waals surface area contributed by atoms with E-state index >= 15 is 0 Å². The molecule has 0 bridgehead atoms. The van der Waals surface area contributed by atoms with Crippen molar-refractivity contribution in [2.45, 2.75) is 23.9 Å². The summed E-state index contributed by atoms with van der Waals surface area (Å²) in [6.07, 6.45) is 0. The van der Waals surface area contributed by atoms with Crippen molar-refractivity contribution in [1.82, 2.24) is 14.8 Å². The Morgan fingerprint density at radius 2 is 1.85 bits per heavy atom. The van der Waals surface area contributed by atoms with Gasteiger partial charge < -0.3 is 4.74 Å². The summed E-state index contributed by atoms with van der Waals surface area (Å²) in [7, 11) is 0. The van der Waals surface area contributed by atoms with Crippen molar-refractivity contribution >= 4 is 23.4 Å². The zero-order chi connectivity index (χ0) is 24.1. The van der Waals surface area contributed by atoms with Crippen molar-refractivity contribution in [3.8, 4) is 11.4 Å². The number of nitrogens with zero attached hydrogens (tertiary/aromatic N) is 4. The van der Waals surface area contributed by atoms with E-state index < -0.39 is 5.25 Å². The van der Waals surface area contributed by atoms with Crippen LogP contribution in [0.5, 0.6) is 5.75 Å². The SMILES string of the molecule is Cc1nnc(S[C@@H](C[N+](=O)[O-])c2ccc(OCc3ccc(F)cc3)c(Cl)c2)n1-c1ccccc1. The lowest BCUT2D eigenvalue weighted by molar-refractivity contribution is -0.479.